The van der Waals surface area contributed by atoms with Crippen LogP contribution in [-0.2, 0) is 9.53 Å². The van der Waals surface area contributed by atoms with Crippen LogP contribution in [0.5, 0.6) is 0 Å². The topological polar surface area (TPSA) is 52.3 Å². The van der Waals surface area contributed by atoms with Crippen LogP contribution in [0.25, 0.3) is 0 Å². The molecule has 0 heterocycles. The summed E-state index contributed by atoms with van der Waals surface area (Å²) in [6, 6.07) is 0. The summed E-state index contributed by atoms with van der Waals surface area (Å²) in [7, 11) is 1.42. The van der Waals surface area contributed by atoms with Crippen molar-refractivity contribution in [2.75, 3.05) is 13.7 Å². The highest BCUT2D eigenvalue weighted by Crippen LogP contribution is 2.45. The third kappa shape index (κ3) is 1.25. The lowest BCUT2D eigenvalue weighted by atomic mass is 9.62. The van der Waals surface area contributed by atoms with Crippen LogP contribution in [0.15, 0.2) is 0 Å². The summed E-state index contributed by atoms with van der Waals surface area (Å²) in [6.07, 6.45) is 1.77. The van der Waals surface area contributed by atoms with Crippen molar-refractivity contribution in [3.8, 4) is 0 Å². The Bertz CT molecular complexity index is 161. The zero-order chi connectivity index (χ0) is 8.48. The molecule has 1 aliphatic carbocycles. The van der Waals surface area contributed by atoms with Crippen LogP contribution in [0.1, 0.15) is 19.8 Å². The number of carbonyl (C=O) groups is 1. The minimum Gasteiger partial charge on any atom is -0.469 e. The molecule has 0 aromatic rings. The molecule has 1 aliphatic rings. The van der Waals surface area contributed by atoms with Crippen molar-refractivity contribution in [2.45, 2.75) is 19.8 Å². The largest absolute Gasteiger partial charge is 0.469 e. The van der Waals surface area contributed by atoms with Gasteiger partial charge in [-0.2, -0.15) is 0 Å². The van der Waals surface area contributed by atoms with Crippen molar-refractivity contribution in [3.05, 3.63) is 0 Å². The molecule has 0 saturated heterocycles. The third-order valence-corrected chi connectivity index (χ3v) is 2.49. The Morgan fingerprint density at radius 1 is 1.73 bits per heavy atom. The Kier molecular flexibility index (Phi) is 2.18. The highest BCUT2D eigenvalue weighted by atomic mass is 16.5. The van der Waals surface area contributed by atoms with Gasteiger partial charge >= 0.3 is 5.97 Å². The molecule has 0 atom stereocenters. The lowest BCUT2D eigenvalue weighted by Crippen LogP contribution is -2.48. The fourth-order valence-electron chi connectivity index (χ4n) is 1.91. The molecule has 0 unspecified atom stereocenters. The van der Waals surface area contributed by atoms with E-state index in [0.29, 0.717) is 12.5 Å². The van der Waals surface area contributed by atoms with Crippen LogP contribution in [0, 0.1) is 11.3 Å². The molecule has 11 heavy (non-hydrogen) atoms. The Morgan fingerprint density at radius 3 is 2.55 bits per heavy atom. The van der Waals surface area contributed by atoms with Crippen molar-refractivity contribution in [2.24, 2.45) is 17.1 Å². The summed E-state index contributed by atoms with van der Waals surface area (Å²) in [6.45, 7) is 2.54. The van der Waals surface area contributed by atoms with Crippen molar-refractivity contribution < 1.29 is 9.53 Å². The fourth-order valence-corrected chi connectivity index (χ4v) is 1.91. The first-order valence-corrected chi connectivity index (χ1v) is 3.93. The molecule has 0 spiro atoms. The van der Waals surface area contributed by atoms with Crippen LogP contribution >= 0.6 is 0 Å². The maximum atomic E-state index is 11.2. The smallest absolute Gasteiger partial charge is 0.313 e. The lowest BCUT2D eigenvalue weighted by molar-refractivity contribution is -0.160. The second-order valence-electron chi connectivity index (χ2n) is 3.49. The zero-order valence-electron chi connectivity index (χ0n) is 7.09. The number of rotatable bonds is 2. The van der Waals surface area contributed by atoms with Gasteiger partial charge in [0.15, 0.2) is 0 Å². The van der Waals surface area contributed by atoms with Crippen LogP contribution in [0.3, 0.4) is 0 Å². The van der Waals surface area contributed by atoms with Gasteiger partial charge in [0.25, 0.3) is 0 Å². The normalized spacial score (nSPS) is 36.1. The van der Waals surface area contributed by atoms with Crippen LogP contribution < -0.4 is 5.73 Å². The Morgan fingerprint density at radius 2 is 2.27 bits per heavy atom. The van der Waals surface area contributed by atoms with Crippen molar-refractivity contribution in [1.82, 2.24) is 0 Å². The molecular weight excluding hydrogens is 142 g/mol. The molecule has 0 aliphatic heterocycles. The molecule has 0 amide bonds. The zero-order valence-corrected chi connectivity index (χ0v) is 7.09. The number of nitrogens with two attached hydrogens (primary N) is 1. The minimum absolute atomic E-state index is 0.141. The van der Waals surface area contributed by atoms with E-state index in [9.17, 15) is 4.79 Å². The number of hydrogen-bond acceptors (Lipinski definition) is 3. The molecule has 1 saturated carbocycles. The summed E-state index contributed by atoms with van der Waals surface area (Å²) in [5.74, 6) is 0.482. The molecule has 0 radical (unpaired) electrons. The van der Waals surface area contributed by atoms with Crippen molar-refractivity contribution in [1.29, 1.82) is 0 Å². The number of esters is 1. The summed E-state index contributed by atoms with van der Waals surface area (Å²) in [5.41, 5.74) is 5.17. The van der Waals surface area contributed by atoms with Gasteiger partial charge in [0.1, 0.15) is 0 Å². The second kappa shape index (κ2) is 2.81. The van der Waals surface area contributed by atoms with E-state index in [1.54, 1.807) is 0 Å². The van der Waals surface area contributed by atoms with E-state index in [1.165, 1.54) is 7.11 Å². The molecular formula is C8H15NO2. The SMILES string of the molecule is COC(=O)C1(CN)CC(C)C1. The first-order chi connectivity index (χ1) is 5.14. The number of hydrogen-bond donors (Lipinski definition) is 1. The van der Waals surface area contributed by atoms with Crippen LogP contribution in [0.4, 0.5) is 0 Å². The van der Waals surface area contributed by atoms with E-state index in [2.05, 4.69) is 11.7 Å². The Labute approximate surface area is 66.9 Å². The lowest BCUT2D eigenvalue weighted by Gasteiger charge is -2.42. The van der Waals surface area contributed by atoms with Gasteiger partial charge in [0, 0.05) is 6.54 Å². The van der Waals surface area contributed by atoms with Crippen molar-refractivity contribution >= 4 is 5.97 Å². The van der Waals surface area contributed by atoms with E-state index in [4.69, 9.17) is 5.73 Å². The van der Waals surface area contributed by atoms with Gasteiger partial charge in [-0.25, -0.2) is 0 Å². The molecule has 0 bridgehead atoms. The average Bonchev–Trinajstić information content (AvgIpc) is 1.96. The number of methoxy groups -OCH3 is 1. The standard InChI is InChI=1S/C8H15NO2/c1-6-3-8(4-6,5-9)7(10)11-2/h6H,3-5,9H2,1-2H3. The predicted molar refractivity (Wildman–Crippen MR) is 41.9 cm³/mol. The van der Waals surface area contributed by atoms with Crippen LogP contribution in [-0.4, -0.2) is 19.6 Å². The first kappa shape index (κ1) is 8.53. The second-order valence-corrected chi connectivity index (χ2v) is 3.49. The van der Waals surface area contributed by atoms with E-state index in [0.717, 1.165) is 12.8 Å². The van der Waals surface area contributed by atoms with Gasteiger partial charge in [-0.05, 0) is 18.8 Å². The van der Waals surface area contributed by atoms with E-state index in [1.807, 2.05) is 0 Å². The van der Waals surface area contributed by atoms with Gasteiger partial charge in [0.05, 0.1) is 12.5 Å². The number of ether oxygens (including phenoxy) is 1. The highest BCUT2D eigenvalue weighted by Gasteiger charge is 2.48. The third-order valence-electron chi connectivity index (χ3n) is 2.49. The molecule has 3 heteroatoms. The molecule has 1 rings (SSSR count). The summed E-state index contributed by atoms with van der Waals surface area (Å²) >= 11 is 0. The monoisotopic (exact) mass is 157 g/mol. The number of carbonyl (C=O) groups excluding carboxylic acids is 1. The first-order valence-electron chi connectivity index (χ1n) is 3.93. The molecule has 0 aromatic carbocycles. The molecule has 3 nitrogen and oxygen atoms in total. The molecule has 0 aromatic heterocycles. The molecule has 64 valence electrons. The summed E-state index contributed by atoms with van der Waals surface area (Å²) in [5, 5.41) is 0. The quantitative estimate of drug-likeness (QED) is 0.595. The van der Waals surface area contributed by atoms with Gasteiger partial charge in [-0.15, -0.1) is 0 Å². The van der Waals surface area contributed by atoms with E-state index >= 15 is 0 Å². The van der Waals surface area contributed by atoms with Crippen molar-refractivity contribution in [3.63, 3.8) is 0 Å². The van der Waals surface area contributed by atoms with Crippen LogP contribution in [0.2, 0.25) is 0 Å². The Balaban J connectivity index is 2.57. The average molecular weight is 157 g/mol. The highest BCUT2D eigenvalue weighted by molar-refractivity contribution is 5.78. The van der Waals surface area contributed by atoms with E-state index < -0.39 is 0 Å². The van der Waals surface area contributed by atoms with Gasteiger partial charge in [-0.1, -0.05) is 6.92 Å². The summed E-state index contributed by atoms with van der Waals surface area (Å²) in [4.78, 5) is 11.2. The summed E-state index contributed by atoms with van der Waals surface area (Å²) < 4.78 is 4.68. The van der Waals surface area contributed by atoms with Gasteiger partial charge in [0.2, 0.25) is 0 Å². The minimum atomic E-state index is -0.339. The van der Waals surface area contributed by atoms with Gasteiger partial charge < -0.3 is 10.5 Å². The maximum absolute atomic E-state index is 11.2. The molecule has 1 fully saturated rings. The maximum Gasteiger partial charge on any atom is 0.313 e. The molecule has 2 N–H and O–H groups in total. The Hall–Kier alpha value is -0.570. The predicted octanol–water partition coefficient (Wildman–Crippen LogP) is 0.534. The van der Waals surface area contributed by atoms with E-state index in [-0.39, 0.29) is 11.4 Å². The fraction of sp³-hybridized carbons (Fsp3) is 0.875. The van der Waals surface area contributed by atoms with Gasteiger partial charge in [-0.3, -0.25) is 4.79 Å².